The quantitative estimate of drug-likeness (QED) is 0.735. The van der Waals surface area contributed by atoms with Crippen molar-refractivity contribution in [3.8, 4) is 0 Å². The average molecular weight is 352 g/mol. The van der Waals surface area contributed by atoms with Gasteiger partial charge in [-0.2, -0.15) is 13.2 Å². The number of fused-ring (bicyclic) bond motifs is 3. The summed E-state index contributed by atoms with van der Waals surface area (Å²) in [6.07, 6.45) is -4.39. The number of anilines is 3. The molecule has 4 rings (SSSR count). The maximum atomic E-state index is 12.7. The van der Waals surface area contributed by atoms with Crippen LogP contribution in [0.4, 0.5) is 30.2 Å². The standard InChI is InChI=1S/C16H13F3N4O.H2O/c17-16(18,19)10-5-7-11(8-6-10)22-15(24)14-9-20-12-3-1-2-4-13(12)23(14)21-22;/h1-8,20-21,24H,9H2;1H2. The summed E-state index contributed by atoms with van der Waals surface area (Å²) in [5, 5.41) is 16.7. The summed E-state index contributed by atoms with van der Waals surface area (Å²) in [6, 6.07) is 12.1. The smallest absolute Gasteiger partial charge is 0.416 e. The molecule has 0 atom stereocenters. The molecule has 0 radical (unpaired) electrons. The van der Waals surface area contributed by atoms with E-state index in [-0.39, 0.29) is 11.4 Å². The number of hydrogen-bond donors (Lipinski definition) is 3. The Bertz CT molecular complexity index is 821. The van der Waals surface area contributed by atoms with E-state index in [1.54, 1.807) is 5.01 Å². The molecular formula is C16H15F3N4O2. The molecule has 0 bridgehead atoms. The van der Waals surface area contributed by atoms with Gasteiger partial charge in [0.15, 0.2) is 0 Å². The maximum Gasteiger partial charge on any atom is 0.416 e. The number of hydrogen-bond acceptors (Lipinski definition) is 5. The molecule has 0 aliphatic carbocycles. The molecule has 2 aliphatic heterocycles. The highest BCUT2D eigenvalue weighted by Crippen LogP contribution is 2.37. The van der Waals surface area contributed by atoms with Crippen LogP contribution in [0.3, 0.4) is 0 Å². The average Bonchev–Trinajstić information content (AvgIpc) is 2.92. The molecule has 0 amide bonds. The second-order valence-corrected chi connectivity index (χ2v) is 5.46. The monoisotopic (exact) mass is 352 g/mol. The topological polar surface area (TPSA) is 82.3 Å². The fraction of sp³-hybridized carbons (Fsp3) is 0.125. The highest BCUT2D eigenvalue weighted by molar-refractivity contribution is 5.77. The van der Waals surface area contributed by atoms with E-state index in [4.69, 9.17) is 0 Å². The Morgan fingerprint density at radius 3 is 2.32 bits per heavy atom. The van der Waals surface area contributed by atoms with Gasteiger partial charge in [0.2, 0.25) is 5.88 Å². The molecule has 0 saturated carbocycles. The molecule has 2 aliphatic rings. The molecule has 0 saturated heterocycles. The Kier molecular flexibility index (Phi) is 3.97. The summed E-state index contributed by atoms with van der Waals surface area (Å²) in [4.78, 5) is 0. The van der Waals surface area contributed by atoms with Crippen LogP contribution in [0.5, 0.6) is 0 Å². The molecule has 2 aromatic rings. The van der Waals surface area contributed by atoms with Crippen molar-refractivity contribution in [3.63, 3.8) is 0 Å². The summed E-state index contributed by atoms with van der Waals surface area (Å²) < 4.78 is 38.0. The second-order valence-electron chi connectivity index (χ2n) is 5.46. The van der Waals surface area contributed by atoms with Crippen LogP contribution in [0, 0.1) is 0 Å². The van der Waals surface area contributed by atoms with Gasteiger partial charge in [-0.25, -0.2) is 5.01 Å². The lowest BCUT2D eigenvalue weighted by molar-refractivity contribution is -0.137. The fourth-order valence-electron chi connectivity index (χ4n) is 2.77. The van der Waals surface area contributed by atoms with Gasteiger partial charge in [-0.15, -0.1) is 5.53 Å². The molecule has 2 aromatic carbocycles. The summed E-state index contributed by atoms with van der Waals surface area (Å²) >= 11 is 0. The molecule has 2 heterocycles. The zero-order valence-electron chi connectivity index (χ0n) is 12.8. The minimum atomic E-state index is -4.39. The summed E-state index contributed by atoms with van der Waals surface area (Å²) in [5.74, 6) is -0.0586. The van der Waals surface area contributed by atoms with Crippen molar-refractivity contribution in [1.29, 1.82) is 0 Å². The van der Waals surface area contributed by atoms with Gasteiger partial charge in [-0.3, -0.25) is 5.01 Å². The Balaban J connectivity index is 0.00000182. The van der Waals surface area contributed by atoms with E-state index in [1.165, 1.54) is 17.1 Å². The number of rotatable bonds is 1. The van der Waals surface area contributed by atoms with Crippen molar-refractivity contribution in [2.75, 3.05) is 21.9 Å². The van der Waals surface area contributed by atoms with Gasteiger partial charge in [0.25, 0.3) is 0 Å². The molecule has 9 heteroatoms. The van der Waals surface area contributed by atoms with Gasteiger partial charge < -0.3 is 15.9 Å². The highest BCUT2D eigenvalue weighted by atomic mass is 19.4. The number of hydrazine groups is 2. The minimum absolute atomic E-state index is 0. The first-order chi connectivity index (χ1) is 11.4. The van der Waals surface area contributed by atoms with Crippen molar-refractivity contribution in [2.45, 2.75) is 6.18 Å². The zero-order chi connectivity index (χ0) is 16.9. The summed E-state index contributed by atoms with van der Waals surface area (Å²) in [7, 11) is 0. The van der Waals surface area contributed by atoms with Crippen LogP contribution in [0.1, 0.15) is 5.56 Å². The van der Waals surface area contributed by atoms with Crippen molar-refractivity contribution in [1.82, 2.24) is 5.53 Å². The molecule has 5 N–H and O–H groups in total. The minimum Gasteiger partial charge on any atom is -0.492 e. The Hall–Kier alpha value is -2.91. The predicted octanol–water partition coefficient (Wildman–Crippen LogP) is 2.78. The number of benzene rings is 2. The van der Waals surface area contributed by atoms with E-state index in [2.05, 4.69) is 10.9 Å². The first kappa shape index (κ1) is 16.9. The largest absolute Gasteiger partial charge is 0.492 e. The number of aliphatic hydroxyl groups is 1. The third-order valence-corrected chi connectivity index (χ3v) is 3.98. The number of para-hydroxylation sites is 2. The number of aliphatic hydroxyl groups excluding tert-OH is 1. The molecular weight excluding hydrogens is 337 g/mol. The van der Waals surface area contributed by atoms with Crippen molar-refractivity contribution < 1.29 is 23.8 Å². The third kappa shape index (κ3) is 2.73. The van der Waals surface area contributed by atoms with Gasteiger partial charge >= 0.3 is 6.18 Å². The first-order valence-electron chi connectivity index (χ1n) is 7.24. The lowest BCUT2D eigenvalue weighted by Gasteiger charge is -2.30. The highest BCUT2D eigenvalue weighted by Gasteiger charge is 2.35. The van der Waals surface area contributed by atoms with Gasteiger partial charge in [-0.05, 0) is 36.4 Å². The normalized spacial score (nSPS) is 16.1. The number of nitrogens with zero attached hydrogens (tertiary/aromatic N) is 2. The van der Waals surface area contributed by atoms with Crippen molar-refractivity contribution in [3.05, 3.63) is 65.7 Å². The van der Waals surface area contributed by atoms with Crippen LogP contribution in [-0.2, 0) is 6.18 Å². The Morgan fingerprint density at radius 2 is 1.64 bits per heavy atom. The lowest BCUT2D eigenvalue weighted by Crippen LogP contribution is -2.44. The van der Waals surface area contributed by atoms with Crippen molar-refractivity contribution >= 4 is 17.1 Å². The van der Waals surface area contributed by atoms with Crippen LogP contribution < -0.4 is 20.9 Å². The van der Waals surface area contributed by atoms with E-state index in [0.29, 0.717) is 17.9 Å². The third-order valence-electron chi connectivity index (χ3n) is 3.98. The first-order valence-corrected chi connectivity index (χ1v) is 7.24. The number of halogens is 3. The molecule has 6 nitrogen and oxygen atoms in total. The van der Waals surface area contributed by atoms with E-state index < -0.39 is 11.7 Å². The zero-order valence-corrected chi connectivity index (χ0v) is 12.8. The number of alkyl halides is 3. The lowest BCUT2D eigenvalue weighted by atomic mass is 10.2. The van der Waals surface area contributed by atoms with E-state index in [1.807, 2.05) is 24.3 Å². The molecule has 132 valence electrons. The van der Waals surface area contributed by atoms with Crippen LogP contribution in [0.15, 0.2) is 60.1 Å². The van der Waals surface area contributed by atoms with Crippen LogP contribution in [0.2, 0.25) is 0 Å². The van der Waals surface area contributed by atoms with Gasteiger partial charge in [-0.1, -0.05) is 12.1 Å². The van der Waals surface area contributed by atoms with Crippen molar-refractivity contribution in [2.24, 2.45) is 0 Å². The molecule has 25 heavy (non-hydrogen) atoms. The number of nitrogens with one attached hydrogen (secondary N) is 2. The molecule has 0 fully saturated rings. The van der Waals surface area contributed by atoms with Gasteiger partial charge in [0, 0.05) is 0 Å². The van der Waals surface area contributed by atoms with E-state index in [0.717, 1.165) is 23.5 Å². The van der Waals surface area contributed by atoms with Gasteiger partial charge in [0.05, 0.1) is 29.2 Å². The Morgan fingerprint density at radius 1 is 0.960 bits per heavy atom. The van der Waals surface area contributed by atoms with Crippen LogP contribution in [-0.4, -0.2) is 17.1 Å². The molecule has 0 aromatic heterocycles. The Labute approximate surface area is 141 Å². The fourth-order valence-corrected chi connectivity index (χ4v) is 2.77. The van der Waals surface area contributed by atoms with E-state index >= 15 is 0 Å². The summed E-state index contributed by atoms with van der Waals surface area (Å²) in [5.41, 5.74) is 4.97. The van der Waals surface area contributed by atoms with Gasteiger partial charge in [0.1, 0.15) is 5.70 Å². The predicted molar refractivity (Wildman–Crippen MR) is 87.7 cm³/mol. The second kappa shape index (κ2) is 5.87. The van der Waals surface area contributed by atoms with Crippen LogP contribution in [0.25, 0.3) is 0 Å². The van der Waals surface area contributed by atoms with E-state index in [9.17, 15) is 18.3 Å². The molecule has 0 unspecified atom stereocenters. The SMILES string of the molecule is O.OC1=C2CNc3ccccc3N2NN1c1ccc(C(F)(F)F)cc1. The maximum absolute atomic E-state index is 12.7. The van der Waals surface area contributed by atoms with Crippen LogP contribution >= 0.6 is 0 Å². The summed E-state index contributed by atoms with van der Waals surface area (Å²) in [6.45, 7) is 0.396. The molecule has 0 spiro atoms.